The quantitative estimate of drug-likeness (QED) is 0.916. The second-order valence-corrected chi connectivity index (χ2v) is 5.82. The van der Waals surface area contributed by atoms with E-state index in [1.807, 2.05) is 13.0 Å². The van der Waals surface area contributed by atoms with Crippen LogP contribution in [0.15, 0.2) is 6.07 Å². The van der Waals surface area contributed by atoms with Gasteiger partial charge in [-0.05, 0) is 26.2 Å². The predicted molar refractivity (Wildman–Crippen MR) is 78.1 cm³/mol. The lowest BCUT2D eigenvalue weighted by Gasteiger charge is -2.36. The number of hydrogen-bond acceptors (Lipinski definition) is 4. The number of anilines is 1. The summed E-state index contributed by atoms with van der Waals surface area (Å²) >= 11 is 0. The fraction of sp³-hybridized carbons (Fsp3) is 0.667. The van der Waals surface area contributed by atoms with E-state index in [9.17, 15) is 4.79 Å². The smallest absolute Gasteiger partial charge is 0.305 e. The Balaban J connectivity index is 2.29. The number of carbonyl (C=O) groups is 1. The van der Waals surface area contributed by atoms with Crippen molar-refractivity contribution in [3.8, 4) is 0 Å². The molecule has 0 radical (unpaired) electrons. The summed E-state index contributed by atoms with van der Waals surface area (Å²) < 4.78 is 0. The van der Waals surface area contributed by atoms with Crippen molar-refractivity contribution in [3.63, 3.8) is 0 Å². The molecule has 2 heterocycles. The summed E-state index contributed by atoms with van der Waals surface area (Å²) in [4.78, 5) is 22.3. The molecule has 1 aromatic heterocycles. The standard InChI is InChI=1S/C15H23N3O2/c1-10(2)15-16-11(3)8-13(17-15)18-7-5-4-6-12(18)9-14(19)20/h8,10,12H,4-7,9H2,1-3H3,(H,19,20). The fourth-order valence-corrected chi connectivity index (χ4v) is 2.70. The van der Waals surface area contributed by atoms with Gasteiger partial charge in [-0.3, -0.25) is 4.79 Å². The molecule has 0 aromatic carbocycles. The Morgan fingerprint density at radius 1 is 1.45 bits per heavy atom. The van der Waals surface area contributed by atoms with E-state index >= 15 is 0 Å². The molecule has 5 heteroatoms. The van der Waals surface area contributed by atoms with Crippen molar-refractivity contribution in [1.82, 2.24) is 9.97 Å². The maximum absolute atomic E-state index is 11.0. The lowest BCUT2D eigenvalue weighted by atomic mass is 9.99. The molecule has 0 saturated carbocycles. The first kappa shape index (κ1) is 14.8. The van der Waals surface area contributed by atoms with Crippen LogP contribution in [0, 0.1) is 6.92 Å². The third-order valence-electron chi connectivity index (χ3n) is 3.71. The molecule has 1 unspecified atom stereocenters. The van der Waals surface area contributed by atoms with E-state index in [-0.39, 0.29) is 18.4 Å². The third-order valence-corrected chi connectivity index (χ3v) is 3.71. The van der Waals surface area contributed by atoms with E-state index in [0.29, 0.717) is 0 Å². The number of aryl methyl sites for hydroxylation is 1. The predicted octanol–water partition coefficient (Wildman–Crippen LogP) is 2.74. The second-order valence-electron chi connectivity index (χ2n) is 5.82. The molecule has 110 valence electrons. The minimum absolute atomic E-state index is 0.0514. The minimum Gasteiger partial charge on any atom is -0.481 e. The average molecular weight is 277 g/mol. The van der Waals surface area contributed by atoms with E-state index in [2.05, 4.69) is 28.7 Å². The Kier molecular flexibility index (Phi) is 4.57. The monoisotopic (exact) mass is 277 g/mol. The number of piperidine rings is 1. The molecule has 0 aliphatic carbocycles. The topological polar surface area (TPSA) is 66.3 Å². The Labute approximate surface area is 120 Å². The van der Waals surface area contributed by atoms with Crippen LogP contribution in [0.5, 0.6) is 0 Å². The number of aromatic nitrogens is 2. The highest BCUT2D eigenvalue weighted by Gasteiger charge is 2.26. The number of aliphatic carboxylic acids is 1. The zero-order chi connectivity index (χ0) is 14.7. The summed E-state index contributed by atoms with van der Waals surface area (Å²) in [6, 6.07) is 2.02. The van der Waals surface area contributed by atoms with Gasteiger partial charge in [0, 0.05) is 30.3 Å². The number of hydrogen-bond donors (Lipinski definition) is 1. The Bertz CT molecular complexity index is 488. The lowest BCUT2D eigenvalue weighted by molar-refractivity contribution is -0.137. The van der Waals surface area contributed by atoms with Gasteiger partial charge in [-0.1, -0.05) is 13.8 Å². The van der Waals surface area contributed by atoms with Crippen molar-refractivity contribution < 1.29 is 9.90 Å². The molecule has 1 aromatic rings. The van der Waals surface area contributed by atoms with Gasteiger partial charge in [0.1, 0.15) is 11.6 Å². The molecule has 5 nitrogen and oxygen atoms in total. The molecule has 1 aliphatic heterocycles. The van der Waals surface area contributed by atoms with Crippen molar-refractivity contribution >= 4 is 11.8 Å². The summed E-state index contributed by atoms with van der Waals surface area (Å²) in [5.74, 6) is 1.25. The largest absolute Gasteiger partial charge is 0.481 e. The molecular weight excluding hydrogens is 254 g/mol. The van der Waals surface area contributed by atoms with Gasteiger partial charge in [-0.25, -0.2) is 9.97 Å². The van der Waals surface area contributed by atoms with Crippen molar-refractivity contribution in [2.24, 2.45) is 0 Å². The normalized spacial score (nSPS) is 19.4. The van der Waals surface area contributed by atoms with Crippen molar-refractivity contribution in [3.05, 3.63) is 17.6 Å². The first-order valence-electron chi connectivity index (χ1n) is 7.31. The maximum atomic E-state index is 11.0. The van der Waals surface area contributed by atoms with Crippen LogP contribution >= 0.6 is 0 Å². The number of rotatable bonds is 4. The molecule has 20 heavy (non-hydrogen) atoms. The number of carboxylic acids is 1. The maximum Gasteiger partial charge on any atom is 0.305 e. The number of carboxylic acid groups (broad SMARTS) is 1. The van der Waals surface area contributed by atoms with Gasteiger partial charge in [-0.15, -0.1) is 0 Å². The van der Waals surface area contributed by atoms with Crippen LogP contribution in [-0.2, 0) is 4.79 Å². The highest BCUT2D eigenvalue weighted by atomic mass is 16.4. The van der Waals surface area contributed by atoms with Gasteiger partial charge in [0.15, 0.2) is 0 Å². The molecule has 1 N–H and O–H groups in total. The molecule has 1 saturated heterocycles. The fourth-order valence-electron chi connectivity index (χ4n) is 2.70. The molecule has 2 rings (SSSR count). The van der Waals surface area contributed by atoms with Gasteiger partial charge in [0.25, 0.3) is 0 Å². The lowest BCUT2D eigenvalue weighted by Crippen LogP contribution is -2.41. The zero-order valence-corrected chi connectivity index (χ0v) is 12.5. The summed E-state index contributed by atoms with van der Waals surface area (Å²) in [6.45, 7) is 6.99. The third kappa shape index (κ3) is 3.46. The Hall–Kier alpha value is -1.65. The molecule has 1 fully saturated rings. The summed E-state index contributed by atoms with van der Waals surface area (Å²) in [5.41, 5.74) is 0.943. The van der Waals surface area contributed by atoms with E-state index in [1.165, 1.54) is 0 Å². The summed E-state index contributed by atoms with van der Waals surface area (Å²) in [6.07, 6.45) is 3.29. The van der Waals surface area contributed by atoms with E-state index in [0.717, 1.165) is 43.1 Å². The van der Waals surface area contributed by atoms with Crippen LogP contribution in [0.25, 0.3) is 0 Å². The van der Waals surface area contributed by atoms with Gasteiger partial charge < -0.3 is 10.0 Å². The number of nitrogens with zero attached hydrogens (tertiary/aromatic N) is 3. The van der Waals surface area contributed by atoms with Gasteiger partial charge >= 0.3 is 5.97 Å². The molecule has 0 bridgehead atoms. The van der Waals surface area contributed by atoms with E-state index in [4.69, 9.17) is 5.11 Å². The SMILES string of the molecule is Cc1cc(N2CCCCC2CC(=O)O)nc(C(C)C)n1. The highest BCUT2D eigenvalue weighted by Crippen LogP contribution is 2.26. The minimum atomic E-state index is -0.739. The summed E-state index contributed by atoms with van der Waals surface area (Å²) in [7, 11) is 0. The van der Waals surface area contributed by atoms with Crippen molar-refractivity contribution in [2.45, 2.75) is 58.4 Å². The molecular formula is C15H23N3O2. The zero-order valence-electron chi connectivity index (χ0n) is 12.5. The molecule has 0 amide bonds. The Morgan fingerprint density at radius 3 is 2.85 bits per heavy atom. The van der Waals surface area contributed by atoms with Crippen LogP contribution in [0.2, 0.25) is 0 Å². The van der Waals surface area contributed by atoms with Gasteiger partial charge in [0.05, 0.1) is 6.42 Å². The van der Waals surface area contributed by atoms with Crippen LogP contribution in [0.1, 0.15) is 57.0 Å². The second kappa shape index (κ2) is 6.20. The average Bonchev–Trinajstić information content (AvgIpc) is 2.37. The first-order valence-corrected chi connectivity index (χ1v) is 7.31. The van der Waals surface area contributed by atoms with Crippen LogP contribution in [0.4, 0.5) is 5.82 Å². The van der Waals surface area contributed by atoms with Gasteiger partial charge in [-0.2, -0.15) is 0 Å². The molecule has 0 spiro atoms. The molecule has 1 aliphatic rings. The Morgan fingerprint density at radius 2 is 2.20 bits per heavy atom. The van der Waals surface area contributed by atoms with Crippen molar-refractivity contribution in [2.75, 3.05) is 11.4 Å². The van der Waals surface area contributed by atoms with Crippen LogP contribution in [-0.4, -0.2) is 33.6 Å². The van der Waals surface area contributed by atoms with E-state index in [1.54, 1.807) is 0 Å². The van der Waals surface area contributed by atoms with E-state index < -0.39 is 5.97 Å². The van der Waals surface area contributed by atoms with Crippen LogP contribution in [0.3, 0.4) is 0 Å². The summed E-state index contributed by atoms with van der Waals surface area (Å²) in [5, 5.41) is 9.07. The van der Waals surface area contributed by atoms with Gasteiger partial charge in [0.2, 0.25) is 0 Å². The molecule has 1 atom stereocenters. The van der Waals surface area contributed by atoms with Crippen molar-refractivity contribution in [1.29, 1.82) is 0 Å². The van der Waals surface area contributed by atoms with Crippen LogP contribution < -0.4 is 4.90 Å². The highest BCUT2D eigenvalue weighted by molar-refractivity contribution is 5.68. The first-order chi connectivity index (χ1) is 9.47.